The Kier molecular flexibility index (Phi) is 2.14. The summed E-state index contributed by atoms with van der Waals surface area (Å²) in [6.07, 6.45) is 4.12. The third-order valence-electron chi connectivity index (χ3n) is 2.53. The Morgan fingerprint density at radius 1 is 1.25 bits per heavy atom. The van der Waals surface area contributed by atoms with Gasteiger partial charge < -0.3 is 0 Å². The summed E-state index contributed by atoms with van der Waals surface area (Å²) in [5.74, 6) is 0. The Morgan fingerprint density at radius 2 is 1.92 bits per heavy atom. The van der Waals surface area contributed by atoms with Crippen molar-refractivity contribution in [3.05, 3.63) is 30.3 Å². The van der Waals surface area contributed by atoms with E-state index in [9.17, 15) is 0 Å². The Bertz CT molecular complexity index is 249. The van der Waals surface area contributed by atoms with Crippen LogP contribution < -0.4 is 0 Å². The molecule has 1 saturated carbocycles. The van der Waals surface area contributed by atoms with Gasteiger partial charge in [-0.15, -0.1) is 11.8 Å². The van der Waals surface area contributed by atoms with Gasteiger partial charge in [-0.05, 0) is 31.4 Å². The van der Waals surface area contributed by atoms with Crippen molar-refractivity contribution < 1.29 is 0 Å². The summed E-state index contributed by atoms with van der Waals surface area (Å²) in [6.45, 7) is 2.29. The molecule has 1 aliphatic rings. The van der Waals surface area contributed by atoms with Crippen LogP contribution in [0.5, 0.6) is 0 Å². The van der Waals surface area contributed by atoms with Gasteiger partial charge in [-0.2, -0.15) is 0 Å². The van der Waals surface area contributed by atoms with Crippen molar-refractivity contribution in [2.45, 2.75) is 35.8 Å². The van der Waals surface area contributed by atoms with Gasteiger partial charge >= 0.3 is 0 Å². The predicted molar refractivity (Wildman–Crippen MR) is 54.6 cm³/mol. The summed E-state index contributed by atoms with van der Waals surface area (Å²) in [5, 5.41) is 0. The first-order valence-corrected chi connectivity index (χ1v) is 5.40. The molecule has 12 heavy (non-hydrogen) atoms. The van der Waals surface area contributed by atoms with Gasteiger partial charge in [0.25, 0.3) is 0 Å². The lowest BCUT2D eigenvalue weighted by atomic mass is 10.3. The minimum Gasteiger partial charge on any atom is -0.119 e. The fraction of sp³-hybridized carbons (Fsp3) is 0.455. The van der Waals surface area contributed by atoms with E-state index in [1.807, 2.05) is 0 Å². The SMILES string of the molecule is CCC1(Sc2ccccc2)CC1. The van der Waals surface area contributed by atoms with Crippen LogP contribution in [-0.2, 0) is 0 Å². The number of hydrogen-bond acceptors (Lipinski definition) is 1. The zero-order chi connectivity index (χ0) is 8.44. The summed E-state index contributed by atoms with van der Waals surface area (Å²) in [7, 11) is 0. The zero-order valence-electron chi connectivity index (χ0n) is 7.42. The number of benzene rings is 1. The van der Waals surface area contributed by atoms with E-state index in [0.29, 0.717) is 4.75 Å². The van der Waals surface area contributed by atoms with E-state index in [0.717, 1.165) is 0 Å². The lowest BCUT2D eigenvalue weighted by molar-refractivity contribution is 0.852. The van der Waals surface area contributed by atoms with E-state index >= 15 is 0 Å². The molecule has 1 aliphatic carbocycles. The molecule has 0 aromatic heterocycles. The molecule has 0 bridgehead atoms. The lowest BCUT2D eigenvalue weighted by Crippen LogP contribution is -1.98. The van der Waals surface area contributed by atoms with Crippen LogP contribution in [0, 0.1) is 0 Å². The Morgan fingerprint density at radius 3 is 2.42 bits per heavy atom. The third kappa shape index (κ3) is 1.66. The van der Waals surface area contributed by atoms with E-state index in [1.165, 1.54) is 24.2 Å². The second-order valence-electron chi connectivity index (χ2n) is 3.45. The van der Waals surface area contributed by atoms with Gasteiger partial charge in [0, 0.05) is 9.64 Å². The van der Waals surface area contributed by atoms with Gasteiger partial charge in [0.1, 0.15) is 0 Å². The molecule has 0 unspecified atom stereocenters. The van der Waals surface area contributed by atoms with E-state index in [2.05, 4.69) is 49.0 Å². The van der Waals surface area contributed by atoms with Crippen LogP contribution in [0.3, 0.4) is 0 Å². The molecule has 0 saturated heterocycles. The van der Waals surface area contributed by atoms with Crippen LogP contribution in [0.25, 0.3) is 0 Å². The first-order chi connectivity index (χ1) is 5.85. The molecule has 0 spiro atoms. The fourth-order valence-electron chi connectivity index (χ4n) is 1.41. The number of thioether (sulfide) groups is 1. The molecule has 64 valence electrons. The van der Waals surface area contributed by atoms with E-state index in [4.69, 9.17) is 0 Å². The zero-order valence-corrected chi connectivity index (χ0v) is 8.23. The normalized spacial score (nSPS) is 19.1. The van der Waals surface area contributed by atoms with Crippen LogP contribution >= 0.6 is 11.8 Å². The summed E-state index contributed by atoms with van der Waals surface area (Å²) < 4.78 is 0.612. The van der Waals surface area contributed by atoms with Crippen LogP contribution in [0.1, 0.15) is 26.2 Å². The summed E-state index contributed by atoms with van der Waals surface area (Å²) in [6, 6.07) is 10.7. The quantitative estimate of drug-likeness (QED) is 0.679. The predicted octanol–water partition coefficient (Wildman–Crippen LogP) is 3.72. The van der Waals surface area contributed by atoms with Gasteiger partial charge in [0.05, 0.1) is 0 Å². The van der Waals surface area contributed by atoms with E-state index < -0.39 is 0 Å². The largest absolute Gasteiger partial charge is 0.119 e. The fourth-order valence-corrected chi connectivity index (χ4v) is 2.65. The molecule has 1 heteroatoms. The monoisotopic (exact) mass is 178 g/mol. The van der Waals surface area contributed by atoms with E-state index in [-0.39, 0.29) is 0 Å². The molecule has 0 radical (unpaired) electrons. The minimum absolute atomic E-state index is 0.612. The second kappa shape index (κ2) is 3.14. The molecular weight excluding hydrogens is 164 g/mol. The lowest BCUT2D eigenvalue weighted by Gasteiger charge is -2.10. The topological polar surface area (TPSA) is 0 Å². The first-order valence-electron chi connectivity index (χ1n) is 4.59. The van der Waals surface area contributed by atoms with Crippen LogP contribution in [0.2, 0.25) is 0 Å². The van der Waals surface area contributed by atoms with Crippen molar-refractivity contribution in [2.24, 2.45) is 0 Å². The molecule has 0 amide bonds. The Balaban J connectivity index is 2.04. The van der Waals surface area contributed by atoms with Crippen molar-refractivity contribution in [3.8, 4) is 0 Å². The molecule has 0 heterocycles. The maximum absolute atomic E-state index is 2.29. The molecule has 0 nitrogen and oxygen atoms in total. The van der Waals surface area contributed by atoms with Crippen LogP contribution in [0.15, 0.2) is 35.2 Å². The first kappa shape index (κ1) is 8.18. The maximum Gasteiger partial charge on any atom is 0.0205 e. The Hall–Kier alpha value is -0.430. The average molecular weight is 178 g/mol. The molecule has 0 N–H and O–H groups in total. The molecule has 1 fully saturated rings. The molecule has 1 aromatic carbocycles. The number of rotatable bonds is 3. The second-order valence-corrected chi connectivity index (χ2v) is 4.99. The van der Waals surface area contributed by atoms with Gasteiger partial charge in [-0.1, -0.05) is 25.1 Å². The van der Waals surface area contributed by atoms with Gasteiger partial charge in [-0.25, -0.2) is 0 Å². The molecule has 2 rings (SSSR count). The van der Waals surface area contributed by atoms with Crippen LogP contribution in [-0.4, -0.2) is 4.75 Å². The van der Waals surface area contributed by atoms with Crippen molar-refractivity contribution in [3.63, 3.8) is 0 Å². The smallest absolute Gasteiger partial charge is 0.0205 e. The van der Waals surface area contributed by atoms with Crippen molar-refractivity contribution in [2.75, 3.05) is 0 Å². The van der Waals surface area contributed by atoms with Crippen LogP contribution in [0.4, 0.5) is 0 Å². The third-order valence-corrected chi connectivity index (χ3v) is 4.17. The highest BCUT2D eigenvalue weighted by molar-refractivity contribution is 8.01. The van der Waals surface area contributed by atoms with Gasteiger partial charge in [0.2, 0.25) is 0 Å². The maximum atomic E-state index is 2.29. The molecule has 0 aliphatic heterocycles. The number of hydrogen-bond donors (Lipinski definition) is 0. The summed E-state index contributed by atoms with van der Waals surface area (Å²) in [4.78, 5) is 1.43. The molecule has 1 aromatic rings. The van der Waals surface area contributed by atoms with E-state index in [1.54, 1.807) is 0 Å². The van der Waals surface area contributed by atoms with Gasteiger partial charge in [0.15, 0.2) is 0 Å². The minimum atomic E-state index is 0.612. The highest BCUT2D eigenvalue weighted by Gasteiger charge is 2.41. The highest BCUT2D eigenvalue weighted by Crippen LogP contribution is 2.53. The molecular formula is C11H14S. The standard InChI is InChI=1S/C11H14S/c1-2-11(8-9-11)12-10-6-4-3-5-7-10/h3-7H,2,8-9H2,1H3. The molecule has 0 atom stereocenters. The van der Waals surface area contributed by atoms with Crippen molar-refractivity contribution >= 4 is 11.8 Å². The highest BCUT2D eigenvalue weighted by atomic mass is 32.2. The summed E-state index contributed by atoms with van der Waals surface area (Å²) in [5.41, 5.74) is 0. The Labute approximate surface area is 78.4 Å². The van der Waals surface area contributed by atoms with Crippen molar-refractivity contribution in [1.82, 2.24) is 0 Å². The summed E-state index contributed by atoms with van der Waals surface area (Å²) >= 11 is 2.06. The average Bonchev–Trinajstić information content (AvgIpc) is 2.88. The van der Waals surface area contributed by atoms with Crippen molar-refractivity contribution in [1.29, 1.82) is 0 Å². The van der Waals surface area contributed by atoms with Gasteiger partial charge in [-0.3, -0.25) is 0 Å².